The molecule has 1 aliphatic carbocycles. The molecule has 0 radical (unpaired) electrons. The van der Waals surface area contributed by atoms with Crippen molar-refractivity contribution in [1.29, 1.82) is 5.26 Å². The highest BCUT2D eigenvalue weighted by molar-refractivity contribution is 5.93. The number of ether oxygens (including phenoxy) is 1. The number of aromatic carboxylic acids is 1. The average Bonchev–Trinajstić information content (AvgIpc) is 3.40. The minimum Gasteiger partial charge on any atom is -0.477 e. The van der Waals surface area contributed by atoms with E-state index in [1.54, 1.807) is 54.7 Å². The second-order valence-corrected chi connectivity index (χ2v) is 8.34. The molecule has 4 aromatic rings. The van der Waals surface area contributed by atoms with Crippen LogP contribution in [0.2, 0.25) is 0 Å². The Morgan fingerprint density at radius 1 is 1.14 bits per heavy atom. The fourth-order valence-corrected chi connectivity index (χ4v) is 4.37. The molecule has 2 aromatic heterocycles. The Kier molecular flexibility index (Phi) is 5.85. The van der Waals surface area contributed by atoms with Gasteiger partial charge in [0.25, 0.3) is 0 Å². The van der Waals surface area contributed by atoms with Crippen LogP contribution in [0.1, 0.15) is 47.6 Å². The molecule has 2 N–H and O–H groups in total. The number of pyridine rings is 1. The van der Waals surface area contributed by atoms with Crippen LogP contribution in [0.4, 0.5) is 11.6 Å². The van der Waals surface area contributed by atoms with Gasteiger partial charge < -0.3 is 19.7 Å². The predicted octanol–water partition coefficient (Wildman–Crippen LogP) is 5.01. The molecule has 2 aromatic carbocycles. The maximum Gasteiger partial charge on any atom is 0.341 e. The van der Waals surface area contributed by atoms with Crippen molar-refractivity contribution < 1.29 is 14.6 Å². The number of aromatic nitrogens is 3. The number of nitriles is 1. The monoisotopic (exact) mass is 467 g/mol. The molecule has 9 nitrogen and oxygen atoms in total. The Morgan fingerprint density at radius 3 is 2.63 bits per heavy atom. The number of carbonyl (C=O) groups is 1. The van der Waals surface area contributed by atoms with E-state index in [0.717, 1.165) is 31.4 Å². The normalized spacial score (nSPS) is 13.5. The predicted molar refractivity (Wildman–Crippen MR) is 129 cm³/mol. The molecule has 9 heteroatoms. The molecule has 174 valence electrons. The summed E-state index contributed by atoms with van der Waals surface area (Å²) in [5, 5.41) is 21.9. The minimum atomic E-state index is -1.23. The van der Waals surface area contributed by atoms with Gasteiger partial charge in [0.15, 0.2) is 0 Å². The van der Waals surface area contributed by atoms with Gasteiger partial charge in [0.05, 0.1) is 17.1 Å². The van der Waals surface area contributed by atoms with Crippen LogP contribution in [0.3, 0.4) is 0 Å². The highest BCUT2D eigenvalue weighted by Gasteiger charge is 2.22. The Labute approximate surface area is 200 Å². The summed E-state index contributed by atoms with van der Waals surface area (Å²) in [6.07, 6.45) is 7.00. The molecule has 0 bridgehead atoms. The highest BCUT2D eigenvalue weighted by Crippen LogP contribution is 2.33. The van der Waals surface area contributed by atoms with Crippen LogP contribution in [0, 0.1) is 11.3 Å². The molecule has 0 saturated heterocycles. The SMILES string of the molecule is N#Cc1ccc(Nc2nccc(Oc3ccc4c(=O)c(C(=O)O)cn(C5CCCC5)c4c3)n2)cc1. The lowest BCUT2D eigenvalue weighted by Gasteiger charge is -2.19. The lowest BCUT2D eigenvalue weighted by molar-refractivity contribution is 0.0694. The highest BCUT2D eigenvalue weighted by atomic mass is 16.5. The third-order valence-corrected chi connectivity index (χ3v) is 6.08. The van der Waals surface area contributed by atoms with E-state index in [9.17, 15) is 14.7 Å². The molecule has 0 atom stereocenters. The molecule has 1 aliphatic rings. The maximum absolute atomic E-state index is 12.8. The smallest absolute Gasteiger partial charge is 0.341 e. The van der Waals surface area contributed by atoms with Gasteiger partial charge in [-0.25, -0.2) is 9.78 Å². The van der Waals surface area contributed by atoms with Gasteiger partial charge in [0.1, 0.15) is 11.3 Å². The van der Waals surface area contributed by atoms with Crippen LogP contribution < -0.4 is 15.5 Å². The lowest BCUT2D eigenvalue weighted by atomic mass is 10.1. The fraction of sp³-hybridized carbons (Fsp3) is 0.192. The molecule has 2 heterocycles. The van der Waals surface area contributed by atoms with Gasteiger partial charge in [-0.3, -0.25) is 4.79 Å². The Balaban J connectivity index is 1.46. The first-order chi connectivity index (χ1) is 17.0. The Morgan fingerprint density at radius 2 is 1.91 bits per heavy atom. The van der Waals surface area contributed by atoms with Gasteiger partial charge in [-0.1, -0.05) is 12.8 Å². The number of nitrogens with zero attached hydrogens (tertiary/aromatic N) is 4. The third-order valence-electron chi connectivity index (χ3n) is 6.08. The summed E-state index contributed by atoms with van der Waals surface area (Å²) in [6.45, 7) is 0. The number of hydrogen-bond donors (Lipinski definition) is 2. The van der Waals surface area contributed by atoms with Gasteiger partial charge in [-0.05, 0) is 49.2 Å². The standard InChI is InChI=1S/C26H21N5O4/c27-14-16-5-7-17(8-6-16)29-26-28-12-11-23(30-26)35-19-9-10-20-22(13-19)31(18-3-1-2-4-18)15-21(24(20)32)25(33)34/h5-13,15,18H,1-4H2,(H,33,34)(H,28,29,30). The first-order valence-electron chi connectivity index (χ1n) is 11.2. The first-order valence-corrected chi connectivity index (χ1v) is 11.2. The largest absolute Gasteiger partial charge is 0.477 e. The molecule has 1 fully saturated rings. The van der Waals surface area contributed by atoms with Gasteiger partial charge in [-0.2, -0.15) is 10.2 Å². The van der Waals surface area contributed by atoms with Crippen LogP contribution in [0.5, 0.6) is 11.6 Å². The number of hydrogen-bond acceptors (Lipinski definition) is 7. The zero-order valence-electron chi connectivity index (χ0n) is 18.6. The zero-order chi connectivity index (χ0) is 24.4. The molecule has 0 aliphatic heterocycles. The quantitative estimate of drug-likeness (QED) is 0.405. The van der Waals surface area contributed by atoms with Crippen molar-refractivity contribution in [2.45, 2.75) is 31.7 Å². The number of carboxylic acid groups (broad SMARTS) is 1. The van der Waals surface area contributed by atoms with Crippen LogP contribution in [-0.2, 0) is 0 Å². The van der Waals surface area contributed by atoms with Crippen molar-refractivity contribution in [3.63, 3.8) is 0 Å². The number of fused-ring (bicyclic) bond motifs is 1. The molecule has 0 spiro atoms. The van der Waals surface area contributed by atoms with Crippen LogP contribution in [0.15, 0.2) is 65.7 Å². The molecule has 35 heavy (non-hydrogen) atoms. The molecule has 1 saturated carbocycles. The first kappa shape index (κ1) is 22.1. The van der Waals surface area contributed by atoms with E-state index in [0.29, 0.717) is 34.0 Å². The van der Waals surface area contributed by atoms with Crippen molar-refractivity contribution in [3.8, 4) is 17.7 Å². The fourth-order valence-electron chi connectivity index (χ4n) is 4.37. The Hall–Kier alpha value is -4.71. The van der Waals surface area contributed by atoms with Crippen LogP contribution in [-0.4, -0.2) is 25.6 Å². The van der Waals surface area contributed by atoms with Gasteiger partial charge in [0.2, 0.25) is 17.3 Å². The van der Waals surface area contributed by atoms with Crippen molar-refractivity contribution in [1.82, 2.24) is 14.5 Å². The number of nitrogens with one attached hydrogen (secondary N) is 1. The summed E-state index contributed by atoms with van der Waals surface area (Å²) < 4.78 is 7.87. The van der Waals surface area contributed by atoms with E-state index < -0.39 is 11.4 Å². The average molecular weight is 467 g/mol. The second kappa shape index (κ2) is 9.27. The van der Waals surface area contributed by atoms with Crippen molar-refractivity contribution in [2.24, 2.45) is 0 Å². The van der Waals surface area contributed by atoms with E-state index in [4.69, 9.17) is 10.00 Å². The zero-order valence-corrected chi connectivity index (χ0v) is 18.6. The molecule has 0 unspecified atom stereocenters. The molecular formula is C26H21N5O4. The van der Waals surface area contributed by atoms with E-state index in [1.165, 1.54) is 6.20 Å². The lowest BCUT2D eigenvalue weighted by Crippen LogP contribution is -2.20. The van der Waals surface area contributed by atoms with Crippen LogP contribution in [0.25, 0.3) is 10.9 Å². The molecular weight excluding hydrogens is 446 g/mol. The van der Waals surface area contributed by atoms with Crippen molar-refractivity contribution in [3.05, 3.63) is 82.3 Å². The third kappa shape index (κ3) is 4.54. The summed E-state index contributed by atoms with van der Waals surface area (Å²) in [5.74, 6) is -0.142. The summed E-state index contributed by atoms with van der Waals surface area (Å²) in [7, 11) is 0. The van der Waals surface area contributed by atoms with E-state index >= 15 is 0 Å². The molecule has 0 amide bonds. The van der Waals surface area contributed by atoms with Crippen molar-refractivity contribution in [2.75, 3.05) is 5.32 Å². The van der Waals surface area contributed by atoms with E-state index in [2.05, 4.69) is 21.4 Å². The van der Waals surface area contributed by atoms with Gasteiger partial charge >= 0.3 is 5.97 Å². The number of rotatable bonds is 6. The van der Waals surface area contributed by atoms with Crippen molar-refractivity contribution >= 4 is 28.5 Å². The maximum atomic E-state index is 12.8. The van der Waals surface area contributed by atoms with Crippen LogP contribution >= 0.6 is 0 Å². The summed E-state index contributed by atoms with van der Waals surface area (Å²) in [6, 6.07) is 15.7. The van der Waals surface area contributed by atoms with Gasteiger partial charge in [-0.15, -0.1) is 0 Å². The molecule has 5 rings (SSSR count). The van der Waals surface area contributed by atoms with Gasteiger partial charge in [0, 0.05) is 41.6 Å². The number of carboxylic acids is 1. The number of anilines is 2. The second-order valence-electron chi connectivity index (χ2n) is 8.34. The summed E-state index contributed by atoms with van der Waals surface area (Å²) in [4.78, 5) is 33.0. The summed E-state index contributed by atoms with van der Waals surface area (Å²) in [5.41, 5.74) is 1.17. The van der Waals surface area contributed by atoms with E-state index in [1.807, 2.05) is 4.57 Å². The minimum absolute atomic E-state index is 0.133. The van der Waals surface area contributed by atoms with E-state index in [-0.39, 0.29) is 11.6 Å². The number of benzene rings is 2. The summed E-state index contributed by atoms with van der Waals surface area (Å²) >= 11 is 0. The topological polar surface area (TPSA) is 130 Å². The Bertz CT molecular complexity index is 1520.